The maximum atomic E-state index is 11.4. The molecule has 0 aliphatic carbocycles. The summed E-state index contributed by atoms with van der Waals surface area (Å²) in [4.78, 5) is 2.42. The lowest BCUT2D eigenvalue weighted by Gasteiger charge is -2.44. The lowest BCUT2D eigenvalue weighted by Crippen LogP contribution is -2.49. The fraction of sp³-hybridized carbons (Fsp3) is 0.739. The minimum Gasteiger partial charge on any atom is -0.507 e. The third kappa shape index (κ3) is 5.41. The highest BCUT2D eigenvalue weighted by atomic mass is 35.5. The molecule has 1 aliphatic rings. The number of piperazine rings is 1. The van der Waals surface area contributed by atoms with Crippen molar-refractivity contribution < 1.29 is 10.2 Å². The average Bonchev–Trinajstić information content (AvgIpc) is 2.55. The first-order valence-corrected chi connectivity index (χ1v) is 10.2. The number of nitrogens with one attached hydrogen (secondary N) is 1. The molecule has 4 nitrogen and oxygen atoms in total. The Balaban J connectivity index is 0.00000392. The second kappa shape index (κ2) is 8.91. The van der Waals surface area contributed by atoms with Crippen molar-refractivity contribution in [1.82, 2.24) is 10.2 Å². The number of halogens is 1. The number of phenols is 1. The Labute approximate surface area is 178 Å². The molecule has 0 unspecified atom stereocenters. The number of nitrogens with zero attached hydrogens (tertiary/aromatic N) is 1. The van der Waals surface area contributed by atoms with Crippen molar-refractivity contribution in [2.75, 3.05) is 32.8 Å². The van der Waals surface area contributed by atoms with E-state index in [1.165, 1.54) is 5.56 Å². The molecule has 1 atom stereocenters. The van der Waals surface area contributed by atoms with Gasteiger partial charge in [-0.25, -0.2) is 0 Å². The van der Waals surface area contributed by atoms with E-state index in [9.17, 15) is 10.2 Å². The Morgan fingerprint density at radius 1 is 0.964 bits per heavy atom. The van der Waals surface area contributed by atoms with E-state index in [-0.39, 0.29) is 41.3 Å². The molecular formula is C23H41ClN2O2. The smallest absolute Gasteiger partial charge is 0.124 e. The summed E-state index contributed by atoms with van der Waals surface area (Å²) < 4.78 is 0. The number of hydrogen-bond acceptors (Lipinski definition) is 4. The van der Waals surface area contributed by atoms with E-state index >= 15 is 0 Å². The molecule has 0 bridgehead atoms. The number of aliphatic hydroxyl groups is 1. The zero-order chi connectivity index (χ0) is 20.6. The Kier molecular flexibility index (Phi) is 8.03. The minimum atomic E-state index is -0.361. The van der Waals surface area contributed by atoms with Crippen molar-refractivity contribution in [1.29, 1.82) is 0 Å². The van der Waals surface area contributed by atoms with Gasteiger partial charge in [-0.05, 0) is 28.0 Å². The zero-order valence-corrected chi connectivity index (χ0v) is 19.8. The SMILES string of the molecule is CC(C)(C)c1cc([C@H](N2CCNCC2)C(C)(C)CO)c(O)c(C(C)(C)C)c1.Cl. The Bertz CT molecular complexity index is 654. The summed E-state index contributed by atoms with van der Waals surface area (Å²) in [5.74, 6) is 0.389. The van der Waals surface area contributed by atoms with Crippen LogP contribution in [0, 0.1) is 5.41 Å². The third-order valence-corrected chi connectivity index (χ3v) is 5.77. The molecule has 5 heteroatoms. The molecule has 162 valence electrons. The van der Waals surface area contributed by atoms with Gasteiger partial charge in [0, 0.05) is 49.8 Å². The standard InChI is InChI=1S/C23H40N2O2.ClH/c1-21(2,3)16-13-17(19(27)18(14-16)22(4,5)6)20(23(7,8)15-26)25-11-9-24-10-12-25;/h13-14,20,24,26-27H,9-12,15H2,1-8H3;1H/t20-;/m0./s1. The lowest BCUT2D eigenvalue weighted by atomic mass is 9.73. The van der Waals surface area contributed by atoms with Gasteiger partial charge >= 0.3 is 0 Å². The van der Waals surface area contributed by atoms with Crippen LogP contribution in [0.4, 0.5) is 0 Å². The van der Waals surface area contributed by atoms with Gasteiger partial charge in [0.25, 0.3) is 0 Å². The largest absolute Gasteiger partial charge is 0.507 e. The lowest BCUT2D eigenvalue weighted by molar-refractivity contribution is 0.0291. The summed E-state index contributed by atoms with van der Waals surface area (Å²) in [6.07, 6.45) is 0. The minimum absolute atomic E-state index is 0. The molecule has 0 radical (unpaired) electrons. The van der Waals surface area contributed by atoms with Crippen molar-refractivity contribution in [2.45, 2.75) is 72.3 Å². The number of phenolic OH excluding ortho intramolecular Hbond substituents is 1. The van der Waals surface area contributed by atoms with Gasteiger partial charge in [-0.15, -0.1) is 12.4 Å². The second-order valence-corrected chi connectivity index (χ2v) is 10.8. The molecular weight excluding hydrogens is 372 g/mol. The molecule has 1 aromatic rings. The molecule has 1 heterocycles. The normalized spacial score (nSPS) is 17.9. The molecule has 1 fully saturated rings. The Hall–Kier alpha value is -0.810. The monoisotopic (exact) mass is 412 g/mol. The summed E-state index contributed by atoms with van der Waals surface area (Å²) in [5, 5.41) is 24.9. The van der Waals surface area contributed by atoms with E-state index in [4.69, 9.17) is 0 Å². The maximum Gasteiger partial charge on any atom is 0.124 e. The number of rotatable bonds is 4. The van der Waals surface area contributed by atoms with Crippen LogP contribution in [0.25, 0.3) is 0 Å². The molecule has 1 saturated heterocycles. The Morgan fingerprint density at radius 2 is 1.50 bits per heavy atom. The molecule has 3 N–H and O–H groups in total. The van der Waals surface area contributed by atoms with E-state index in [0.29, 0.717) is 5.75 Å². The van der Waals surface area contributed by atoms with Crippen LogP contribution in [-0.2, 0) is 10.8 Å². The second-order valence-electron chi connectivity index (χ2n) is 10.8. The first-order chi connectivity index (χ1) is 12.3. The predicted octanol–water partition coefficient (Wildman–Crippen LogP) is 4.37. The first-order valence-electron chi connectivity index (χ1n) is 10.2. The topological polar surface area (TPSA) is 55.7 Å². The van der Waals surface area contributed by atoms with E-state index < -0.39 is 0 Å². The van der Waals surface area contributed by atoms with Crippen LogP contribution in [0.2, 0.25) is 0 Å². The van der Waals surface area contributed by atoms with Gasteiger partial charge in [0.15, 0.2) is 0 Å². The van der Waals surface area contributed by atoms with E-state index in [1.807, 2.05) is 0 Å². The van der Waals surface area contributed by atoms with Gasteiger partial charge in [0.05, 0.1) is 0 Å². The van der Waals surface area contributed by atoms with E-state index in [1.54, 1.807) is 0 Å². The van der Waals surface area contributed by atoms with Gasteiger partial charge < -0.3 is 15.5 Å². The highest BCUT2D eigenvalue weighted by Gasteiger charge is 2.39. The predicted molar refractivity (Wildman–Crippen MR) is 121 cm³/mol. The van der Waals surface area contributed by atoms with Crippen LogP contribution in [0.3, 0.4) is 0 Å². The highest BCUT2D eigenvalue weighted by molar-refractivity contribution is 5.85. The molecule has 2 rings (SSSR count). The fourth-order valence-electron chi connectivity index (χ4n) is 4.01. The summed E-state index contributed by atoms with van der Waals surface area (Å²) in [6.45, 7) is 21.1. The van der Waals surface area contributed by atoms with Crippen LogP contribution >= 0.6 is 12.4 Å². The van der Waals surface area contributed by atoms with Crippen LogP contribution in [0.5, 0.6) is 5.75 Å². The van der Waals surface area contributed by atoms with Gasteiger partial charge in [-0.2, -0.15) is 0 Å². The maximum absolute atomic E-state index is 11.4. The van der Waals surface area contributed by atoms with Crippen molar-refractivity contribution in [2.24, 2.45) is 5.41 Å². The molecule has 0 aromatic heterocycles. The van der Waals surface area contributed by atoms with Gasteiger partial charge in [0.2, 0.25) is 0 Å². The number of hydrogen-bond donors (Lipinski definition) is 3. The van der Waals surface area contributed by atoms with Gasteiger partial charge in [0.1, 0.15) is 5.75 Å². The van der Waals surface area contributed by atoms with Crippen LogP contribution in [0.15, 0.2) is 12.1 Å². The summed E-state index contributed by atoms with van der Waals surface area (Å²) in [5.41, 5.74) is 2.64. The van der Waals surface area contributed by atoms with Crippen molar-refractivity contribution in [3.63, 3.8) is 0 Å². The fourth-order valence-corrected chi connectivity index (χ4v) is 4.01. The molecule has 0 saturated carbocycles. The zero-order valence-electron chi connectivity index (χ0n) is 19.0. The molecule has 1 aliphatic heterocycles. The van der Waals surface area contributed by atoms with Crippen LogP contribution in [0.1, 0.15) is 78.1 Å². The van der Waals surface area contributed by atoms with Crippen molar-refractivity contribution in [3.05, 3.63) is 28.8 Å². The van der Waals surface area contributed by atoms with Gasteiger partial charge in [-0.3, -0.25) is 4.90 Å². The van der Waals surface area contributed by atoms with Crippen molar-refractivity contribution >= 4 is 12.4 Å². The molecule has 0 spiro atoms. The van der Waals surface area contributed by atoms with Crippen LogP contribution < -0.4 is 5.32 Å². The number of aromatic hydroxyl groups is 1. The van der Waals surface area contributed by atoms with Gasteiger partial charge in [-0.1, -0.05) is 61.5 Å². The highest BCUT2D eigenvalue weighted by Crippen LogP contribution is 2.46. The Morgan fingerprint density at radius 3 is 1.93 bits per heavy atom. The van der Waals surface area contributed by atoms with Crippen LogP contribution in [-0.4, -0.2) is 47.9 Å². The van der Waals surface area contributed by atoms with E-state index in [2.05, 4.69) is 77.7 Å². The van der Waals surface area contributed by atoms with Crippen molar-refractivity contribution in [3.8, 4) is 5.75 Å². The van der Waals surface area contributed by atoms with E-state index in [0.717, 1.165) is 37.3 Å². The molecule has 0 amide bonds. The number of aliphatic hydroxyl groups excluding tert-OH is 1. The molecule has 28 heavy (non-hydrogen) atoms. The third-order valence-electron chi connectivity index (χ3n) is 5.77. The number of benzene rings is 1. The average molecular weight is 413 g/mol. The quantitative estimate of drug-likeness (QED) is 0.687. The molecule has 1 aromatic carbocycles. The summed E-state index contributed by atoms with van der Waals surface area (Å²) in [6, 6.07) is 4.31. The summed E-state index contributed by atoms with van der Waals surface area (Å²) >= 11 is 0. The first kappa shape index (κ1) is 25.2. The summed E-state index contributed by atoms with van der Waals surface area (Å²) in [7, 11) is 0.